The fourth-order valence-electron chi connectivity index (χ4n) is 2.06. The maximum absolute atomic E-state index is 13.7. The third-order valence-electron chi connectivity index (χ3n) is 3.12. The van der Waals surface area contributed by atoms with Crippen molar-refractivity contribution >= 4 is 21.9 Å². The van der Waals surface area contributed by atoms with E-state index in [1.54, 1.807) is 6.07 Å². The van der Waals surface area contributed by atoms with Crippen molar-refractivity contribution in [3.05, 3.63) is 46.2 Å². The Bertz CT molecular complexity index is 506. The van der Waals surface area contributed by atoms with Crippen molar-refractivity contribution in [1.29, 1.82) is 0 Å². The van der Waals surface area contributed by atoms with Crippen LogP contribution in [-0.4, -0.2) is 18.5 Å². The molecule has 1 aliphatic rings. The fourth-order valence-corrected chi connectivity index (χ4v) is 2.40. The van der Waals surface area contributed by atoms with Gasteiger partial charge in [0.2, 0.25) is 0 Å². The Kier molecular flexibility index (Phi) is 5.59. The van der Waals surface area contributed by atoms with Gasteiger partial charge in [0.15, 0.2) is 5.96 Å². The molecule has 0 radical (unpaired) electrons. The topological polar surface area (TPSA) is 36.4 Å². The van der Waals surface area contributed by atoms with Crippen molar-refractivity contribution in [2.75, 3.05) is 6.54 Å². The van der Waals surface area contributed by atoms with Crippen molar-refractivity contribution < 1.29 is 4.39 Å². The van der Waals surface area contributed by atoms with E-state index in [1.165, 1.54) is 6.07 Å². The summed E-state index contributed by atoms with van der Waals surface area (Å²) in [4.78, 5) is 4.45. The molecule has 2 rings (SSSR count). The van der Waals surface area contributed by atoms with E-state index in [0.29, 0.717) is 18.2 Å². The number of nitrogens with one attached hydrogen (secondary N) is 2. The first-order valence-electron chi connectivity index (χ1n) is 6.83. The molecule has 5 heteroatoms. The van der Waals surface area contributed by atoms with Crippen LogP contribution in [0.15, 0.2) is 39.8 Å². The van der Waals surface area contributed by atoms with Crippen molar-refractivity contribution in [2.45, 2.75) is 32.4 Å². The SMILES string of the molecule is CCNC(=NCc1ccc(Br)cc1F)NC1CC=CC1. The van der Waals surface area contributed by atoms with E-state index in [0.717, 1.165) is 29.8 Å². The summed E-state index contributed by atoms with van der Waals surface area (Å²) in [5.74, 6) is 0.505. The highest BCUT2D eigenvalue weighted by Gasteiger charge is 2.11. The van der Waals surface area contributed by atoms with Crippen LogP contribution in [0.5, 0.6) is 0 Å². The van der Waals surface area contributed by atoms with Crippen molar-refractivity contribution in [3.8, 4) is 0 Å². The highest BCUT2D eigenvalue weighted by atomic mass is 79.9. The first kappa shape index (κ1) is 15.0. The van der Waals surface area contributed by atoms with Crippen molar-refractivity contribution in [3.63, 3.8) is 0 Å². The molecule has 108 valence electrons. The van der Waals surface area contributed by atoms with Crippen LogP contribution in [0, 0.1) is 5.82 Å². The molecule has 0 saturated heterocycles. The smallest absolute Gasteiger partial charge is 0.191 e. The van der Waals surface area contributed by atoms with Crippen LogP contribution in [0.3, 0.4) is 0 Å². The molecule has 0 aromatic heterocycles. The summed E-state index contributed by atoms with van der Waals surface area (Å²) in [6.45, 7) is 3.13. The van der Waals surface area contributed by atoms with Crippen LogP contribution < -0.4 is 10.6 Å². The number of guanidine groups is 1. The van der Waals surface area contributed by atoms with E-state index in [2.05, 4.69) is 43.7 Å². The van der Waals surface area contributed by atoms with Crippen LogP contribution in [0.25, 0.3) is 0 Å². The minimum absolute atomic E-state index is 0.235. The van der Waals surface area contributed by atoms with Crippen LogP contribution in [0.1, 0.15) is 25.3 Å². The average Bonchev–Trinajstić information content (AvgIpc) is 2.90. The lowest BCUT2D eigenvalue weighted by Crippen LogP contribution is -2.42. The molecule has 0 atom stereocenters. The van der Waals surface area contributed by atoms with E-state index in [4.69, 9.17) is 0 Å². The molecule has 3 nitrogen and oxygen atoms in total. The minimum atomic E-state index is -0.235. The number of hydrogen-bond donors (Lipinski definition) is 2. The Balaban J connectivity index is 2.00. The first-order valence-corrected chi connectivity index (χ1v) is 7.62. The van der Waals surface area contributed by atoms with Gasteiger partial charge in [-0.25, -0.2) is 9.38 Å². The molecule has 0 heterocycles. The maximum atomic E-state index is 13.7. The third kappa shape index (κ3) is 4.34. The second-order valence-corrected chi connectivity index (χ2v) is 5.63. The highest BCUT2D eigenvalue weighted by Crippen LogP contribution is 2.16. The second-order valence-electron chi connectivity index (χ2n) is 4.71. The van der Waals surface area contributed by atoms with Crippen LogP contribution >= 0.6 is 15.9 Å². The monoisotopic (exact) mass is 339 g/mol. The van der Waals surface area contributed by atoms with Gasteiger partial charge in [0, 0.05) is 22.6 Å². The lowest BCUT2D eigenvalue weighted by atomic mass is 10.2. The van der Waals surface area contributed by atoms with Gasteiger partial charge in [0.25, 0.3) is 0 Å². The summed E-state index contributed by atoms with van der Waals surface area (Å²) in [7, 11) is 0. The molecule has 20 heavy (non-hydrogen) atoms. The van der Waals surface area contributed by atoms with E-state index in [-0.39, 0.29) is 5.82 Å². The minimum Gasteiger partial charge on any atom is -0.357 e. The molecule has 0 amide bonds. The summed E-state index contributed by atoms with van der Waals surface area (Å²) in [5, 5.41) is 6.55. The Hall–Kier alpha value is -1.36. The molecule has 1 aromatic rings. The summed E-state index contributed by atoms with van der Waals surface area (Å²) in [6, 6.07) is 5.44. The quantitative estimate of drug-likeness (QED) is 0.501. The molecule has 0 aliphatic heterocycles. The molecular formula is C15H19BrFN3. The van der Waals surface area contributed by atoms with E-state index in [9.17, 15) is 4.39 Å². The highest BCUT2D eigenvalue weighted by molar-refractivity contribution is 9.10. The number of halogens is 2. The van der Waals surface area contributed by atoms with Gasteiger partial charge < -0.3 is 10.6 Å². The van der Waals surface area contributed by atoms with Gasteiger partial charge in [-0.3, -0.25) is 0 Å². The molecule has 0 bridgehead atoms. The van der Waals surface area contributed by atoms with Crippen molar-refractivity contribution in [1.82, 2.24) is 10.6 Å². The molecule has 1 aromatic carbocycles. The van der Waals surface area contributed by atoms with E-state index >= 15 is 0 Å². The molecule has 1 aliphatic carbocycles. The number of rotatable bonds is 4. The maximum Gasteiger partial charge on any atom is 0.191 e. The van der Waals surface area contributed by atoms with Crippen LogP contribution in [0.2, 0.25) is 0 Å². The number of nitrogens with zero attached hydrogens (tertiary/aromatic N) is 1. The Morgan fingerprint density at radius 3 is 2.80 bits per heavy atom. The zero-order valence-electron chi connectivity index (χ0n) is 11.5. The van der Waals surface area contributed by atoms with Crippen LogP contribution in [0.4, 0.5) is 4.39 Å². The average molecular weight is 340 g/mol. The normalized spacial score (nSPS) is 15.7. The van der Waals surface area contributed by atoms with Gasteiger partial charge in [-0.05, 0) is 31.9 Å². The number of benzene rings is 1. The first-order chi connectivity index (χ1) is 9.69. The van der Waals surface area contributed by atoms with Gasteiger partial charge in [0.05, 0.1) is 6.54 Å². The molecule has 0 unspecified atom stereocenters. The predicted octanol–water partition coefficient (Wildman–Crippen LogP) is 3.36. The van der Waals surface area contributed by atoms with E-state index in [1.807, 2.05) is 13.0 Å². The molecule has 0 fully saturated rings. The second kappa shape index (κ2) is 7.43. The lowest BCUT2D eigenvalue weighted by molar-refractivity contribution is 0.607. The summed E-state index contributed by atoms with van der Waals surface area (Å²) in [6.07, 6.45) is 6.35. The number of aliphatic imine (C=N–C) groups is 1. The predicted molar refractivity (Wildman–Crippen MR) is 84.2 cm³/mol. The Morgan fingerprint density at radius 1 is 1.40 bits per heavy atom. The zero-order valence-corrected chi connectivity index (χ0v) is 13.1. The summed E-state index contributed by atoms with van der Waals surface area (Å²) in [5.41, 5.74) is 0.593. The van der Waals surface area contributed by atoms with Crippen LogP contribution in [-0.2, 0) is 6.54 Å². The fraction of sp³-hybridized carbons (Fsp3) is 0.400. The van der Waals surface area contributed by atoms with Gasteiger partial charge >= 0.3 is 0 Å². The molecule has 2 N–H and O–H groups in total. The van der Waals surface area contributed by atoms with E-state index < -0.39 is 0 Å². The van der Waals surface area contributed by atoms with Gasteiger partial charge in [-0.2, -0.15) is 0 Å². The van der Waals surface area contributed by atoms with Gasteiger partial charge in [-0.15, -0.1) is 0 Å². The Morgan fingerprint density at radius 2 is 2.15 bits per heavy atom. The lowest BCUT2D eigenvalue weighted by Gasteiger charge is -2.16. The standard InChI is InChI=1S/C15H19BrFN3/c1-2-18-15(20-13-5-3-4-6-13)19-10-11-7-8-12(16)9-14(11)17/h3-4,7-9,13H,2,5-6,10H2,1H3,(H2,18,19,20). The molecule has 0 saturated carbocycles. The zero-order chi connectivity index (χ0) is 14.4. The Labute approximate surface area is 127 Å². The largest absolute Gasteiger partial charge is 0.357 e. The van der Waals surface area contributed by atoms with Crippen molar-refractivity contribution in [2.24, 2.45) is 4.99 Å². The summed E-state index contributed by atoms with van der Waals surface area (Å²) >= 11 is 3.25. The number of hydrogen-bond acceptors (Lipinski definition) is 1. The molecule has 0 spiro atoms. The van der Waals surface area contributed by atoms with Gasteiger partial charge in [0.1, 0.15) is 5.82 Å². The summed E-state index contributed by atoms with van der Waals surface area (Å²) < 4.78 is 14.5. The third-order valence-corrected chi connectivity index (χ3v) is 3.61. The molecular weight excluding hydrogens is 321 g/mol. The van der Waals surface area contributed by atoms with Gasteiger partial charge in [-0.1, -0.05) is 34.1 Å².